The highest BCUT2D eigenvalue weighted by molar-refractivity contribution is 6.13. The van der Waals surface area contributed by atoms with Crippen LogP contribution in [-0.4, -0.2) is 10.8 Å². The van der Waals surface area contributed by atoms with E-state index in [4.69, 9.17) is 0 Å². The van der Waals surface area contributed by atoms with E-state index in [0.717, 1.165) is 48.1 Å². The molecule has 0 unspecified atom stereocenters. The molecule has 132 valence electrons. The first-order valence-electron chi connectivity index (χ1n) is 9.35. The SMILES string of the molecule is CCCCCc1nccc(-c2ccc(C)cc2)c1C(=O)c1ccccc1. The third-order valence-corrected chi connectivity index (χ3v) is 4.67. The lowest BCUT2D eigenvalue weighted by Crippen LogP contribution is -2.10. The Balaban J connectivity index is 2.10. The van der Waals surface area contributed by atoms with Crippen LogP contribution >= 0.6 is 0 Å². The van der Waals surface area contributed by atoms with E-state index in [2.05, 4.69) is 43.1 Å². The van der Waals surface area contributed by atoms with Crippen molar-refractivity contribution in [1.29, 1.82) is 0 Å². The Bertz CT molecular complexity index is 866. The van der Waals surface area contributed by atoms with E-state index in [9.17, 15) is 4.79 Å². The lowest BCUT2D eigenvalue weighted by Gasteiger charge is -2.14. The number of hydrogen-bond acceptors (Lipinski definition) is 2. The van der Waals surface area contributed by atoms with Crippen LogP contribution in [0, 0.1) is 6.92 Å². The van der Waals surface area contributed by atoms with Crippen LogP contribution in [0.25, 0.3) is 11.1 Å². The van der Waals surface area contributed by atoms with Gasteiger partial charge in [-0.1, -0.05) is 79.9 Å². The molecule has 0 aliphatic heterocycles. The van der Waals surface area contributed by atoms with E-state index in [1.54, 1.807) is 0 Å². The zero-order valence-electron chi connectivity index (χ0n) is 15.5. The summed E-state index contributed by atoms with van der Waals surface area (Å²) in [6.07, 6.45) is 6.02. The second-order valence-electron chi connectivity index (χ2n) is 6.70. The zero-order chi connectivity index (χ0) is 18.4. The van der Waals surface area contributed by atoms with Gasteiger partial charge in [-0.05, 0) is 37.0 Å². The van der Waals surface area contributed by atoms with Crippen LogP contribution in [0.3, 0.4) is 0 Å². The molecule has 0 bridgehead atoms. The van der Waals surface area contributed by atoms with Gasteiger partial charge in [0.05, 0.1) is 11.3 Å². The number of benzene rings is 2. The van der Waals surface area contributed by atoms with E-state index >= 15 is 0 Å². The summed E-state index contributed by atoms with van der Waals surface area (Å²) in [6.45, 7) is 4.26. The second kappa shape index (κ2) is 8.57. The van der Waals surface area contributed by atoms with Gasteiger partial charge in [0.1, 0.15) is 0 Å². The number of hydrogen-bond donors (Lipinski definition) is 0. The van der Waals surface area contributed by atoms with Crippen LogP contribution < -0.4 is 0 Å². The molecule has 1 aromatic heterocycles. The summed E-state index contributed by atoms with van der Waals surface area (Å²) in [4.78, 5) is 17.9. The van der Waals surface area contributed by atoms with E-state index in [1.807, 2.05) is 42.6 Å². The predicted molar refractivity (Wildman–Crippen MR) is 108 cm³/mol. The molecule has 3 aromatic rings. The Morgan fingerprint density at radius 2 is 1.65 bits per heavy atom. The Morgan fingerprint density at radius 3 is 2.35 bits per heavy atom. The van der Waals surface area contributed by atoms with Crippen molar-refractivity contribution >= 4 is 5.78 Å². The second-order valence-corrected chi connectivity index (χ2v) is 6.70. The standard InChI is InChI=1S/C24H25NO/c1-3-4-6-11-22-23(24(26)20-9-7-5-8-10-20)21(16-17-25-22)19-14-12-18(2)13-15-19/h5,7-10,12-17H,3-4,6,11H2,1-2H3. The minimum atomic E-state index is 0.0563. The molecule has 0 fully saturated rings. The Morgan fingerprint density at radius 1 is 0.923 bits per heavy atom. The molecular weight excluding hydrogens is 318 g/mol. The van der Waals surface area contributed by atoms with Gasteiger partial charge in [0.2, 0.25) is 0 Å². The van der Waals surface area contributed by atoms with E-state index in [0.29, 0.717) is 5.56 Å². The largest absolute Gasteiger partial charge is 0.289 e. The van der Waals surface area contributed by atoms with Gasteiger partial charge in [0, 0.05) is 11.8 Å². The molecule has 0 aliphatic rings. The number of carbonyl (C=O) groups excluding carboxylic acids is 1. The van der Waals surface area contributed by atoms with Crippen molar-refractivity contribution in [2.24, 2.45) is 0 Å². The van der Waals surface area contributed by atoms with Crippen molar-refractivity contribution < 1.29 is 4.79 Å². The van der Waals surface area contributed by atoms with Crippen molar-refractivity contribution in [2.75, 3.05) is 0 Å². The third-order valence-electron chi connectivity index (χ3n) is 4.67. The van der Waals surface area contributed by atoms with Gasteiger partial charge in [0.15, 0.2) is 5.78 Å². The fourth-order valence-electron chi connectivity index (χ4n) is 3.20. The molecule has 2 nitrogen and oxygen atoms in total. The van der Waals surface area contributed by atoms with Gasteiger partial charge < -0.3 is 0 Å². The molecule has 0 radical (unpaired) electrons. The normalized spacial score (nSPS) is 10.7. The minimum Gasteiger partial charge on any atom is -0.289 e. The first-order chi connectivity index (χ1) is 12.7. The van der Waals surface area contributed by atoms with Gasteiger partial charge in [-0.3, -0.25) is 9.78 Å². The fraction of sp³-hybridized carbons (Fsp3) is 0.250. The van der Waals surface area contributed by atoms with Gasteiger partial charge in [0.25, 0.3) is 0 Å². The van der Waals surface area contributed by atoms with E-state index in [-0.39, 0.29) is 5.78 Å². The van der Waals surface area contributed by atoms with E-state index in [1.165, 1.54) is 5.56 Å². The van der Waals surface area contributed by atoms with Crippen molar-refractivity contribution in [3.8, 4) is 11.1 Å². The van der Waals surface area contributed by atoms with Crippen molar-refractivity contribution in [2.45, 2.75) is 39.5 Å². The molecule has 0 spiro atoms. The molecule has 0 amide bonds. The van der Waals surface area contributed by atoms with Crippen molar-refractivity contribution in [1.82, 2.24) is 4.98 Å². The summed E-state index contributed by atoms with van der Waals surface area (Å²) in [5.41, 5.74) is 5.62. The minimum absolute atomic E-state index is 0.0563. The average Bonchev–Trinajstić information content (AvgIpc) is 2.69. The van der Waals surface area contributed by atoms with Gasteiger partial charge >= 0.3 is 0 Å². The molecule has 2 heteroatoms. The number of nitrogens with zero attached hydrogens (tertiary/aromatic N) is 1. The lowest BCUT2D eigenvalue weighted by molar-refractivity contribution is 0.103. The maximum Gasteiger partial charge on any atom is 0.195 e. The summed E-state index contributed by atoms with van der Waals surface area (Å²) < 4.78 is 0. The smallest absolute Gasteiger partial charge is 0.195 e. The molecule has 0 saturated heterocycles. The van der Waals surface area contributed by atoms with Crippen molar-refractivity contribution in [3.05, 3.63) is 89.2 Å². The van der Waals surface area contributed by atoms with Gasteiger partial charge in [-0.25, -0.2) is 0 Å². The molecule has 1 heterocycles. The summed E-state index contributed by atoms with van der Waals surface area (Å²) in [5, 5.41) is 0. The van der Waals surface area contributed by atoms with Crippen LogP contribution in [0.4, 0.5) is 0 Å². The maximum absolute atomic E-state index is 13.3. The Labute approximate surface area is 155 Å². The summed E-state index contributed by atoms with van der Waals surface area (Å²) in [6, 6.07) is 19.8. The number of rotatable bonds is 7. The van der Waals surface area contributed by atoms with Crippen molar-refractivity contribution in [3.63, 3.8) is 0 Å². The quantitative estimate of drug-likeness (QED) is 0.388. The molecule has 3 rings (SSSR count). The first-order valence-corrected chi connectivity index (χ1v) is 9.35. The van der Waals surface area contributed by atoms with Gasteiger partial charge in [-0.2, -0.15) is 0 Å². The monoisotopic (exact) mass is 343 g/mol. The number of pyridine rings is 1. The van der Waals surface area contributed by atoms with Crippen LogP contribution in [0.2, 0.25) is 0 Å². The van der Waals surface area contributed by atoms with Gasteiger partial charge in [-0.15, -0.1) is 0 Å². The summed E-state index contributed by atoms with van der Waals surface area (Å²) in [7, 11) is 0. The topological polar surface area (TPSA) is 30.0 Å². The molecule has 0 saturated carbocycles. The molecular formula is C24H25NO. The first kappa shape index (κ1) is 18.1. The zero-order valence-corrected chi connectivity index (χ0v) is 15.5. The maximum atomic E-state index is 13.3. The molecule has 2 aromatic carbocycles. The summed E-state index contributed by atoms with van der Waals surface area (Å²) >= 11 is 0. The van der Waals surface area contributed by atoms with Crippen LogP contribution in [-0.2, 0) is 6.42 Å². The number of aryl methyl sites for hydroxylation is 2. The molecule has 0 atom stereocenters. The van der Waals surface area contributed by atoms with Crippen LogP contribution in [0.15, 0.2) is 66.9 Å². The average molecular weight is 343 g/mol. The highest BCUT2D eigenvalue weighted by Crippen LogP contribution is 2.28. The van der Waals surface area contributed by atoms with E-state index < -0.39 is 0 Å². The third kappa shape index (κ3) is 4.08. The Kier molecular flexibility index (Phi) is 5.96. The number of unbranched alkanes of at least 4 members (excludes halogenated alkanes) is 2. The summed E-state index contributed by atoms with van der Waals surface area (Å²) in [5.74, 6) is 0.0563. The highest BCUT2D eigenvalue weighted by atomic mass is 16.1. The number of aromatic nitrogens is 1. The van der Waals surface area contributed by atoms with Crippen LogP contribution in [0.5, 0.6) is 0 Å². The number of carbonyl (C=O) groups is 1. The molecule has 26 heavy (non-hydrogen) atoms. The predicted octanol–water partition coefficient (Wildman–Crippen LogP) is 6.02. The van der Waals surface area contributed by atoms with Crippen LogP contribution in [0.1, 0.15) is 53.4 Å². The molecule has 0 N–H and O–H groups in total. The highest BCUT2D eigenvalue weighted by Gasteiger charge is 2.19. The fourth-order valence-corrected chi connectivity index (χ4v) is 3.20. The number of ketones is 1. The lowest BCUT2D eigenvalue weighted by atomic mass is 9.91. The molecule has 0 aliphatic carbocycles. The Hall–Kier alpha value is -2.74.